The minimum Gasteiger partial charge on any atom is -0.479 e. The van der Waals surface area contributed by atoms with Crippen molar-refractivity contribution in [2.45, 2.75) is 35.6 Å². The molecule has 1 fully saturated rings. The van der Waals surface area contributed by atoms with Gasteiger partial charge in [0.2, 0.25) is 6.29 Å². The fourth-order valence-electron chi connectivity index (χ4n) is 2.64. The van der Waals surface area contributed by atoms with Crippen molar-refractivity contribution < 1.29 is 43.1 Å². The number of carboxylic acid groups (broad SMARTS) is 1. The van der Waals surface area contributed by atoms with Crippen molar-refractivity contribution >= 4 is 27.5 Å². The van der Waals surface area contributed by atoms with E-state index in [0.717, 1.165) is 6.20 Å². The molecule has 13 heteroatoms. The molecule has 0 amide bonds. The van der Waals surface area contributed by atoms with Crippen LogP contribution in [-0.2, 0) is 19.6 Å². The van der Waals surface area contributed by atoms with E-state index in [0.29, 0.717) is 5.69 Å². The number of ether oxygens (including phenoxy) is 2. The second kappa shape index (κ2) is 8.41. The van der Waals surface area contributed by atoms with Crippen molar-refractivity contribution in [3.63, 3.8) is 0 Å². The molecule has 1 aromatic heterocycles. The van der Waals surface area contributed by atoms with E-state index in [9.17, 15) is 28.5 Å². The Morgan fingerprint density at radius 3 is 2.30 bits per heavy atom. The Morgan fingerprint density at radius 1 is 1.07 bits per heavy atom. The lowest BCUT2D eigenvalue weighted by Crippen LogP contribution is -2.61. The lowest BCUT2D eigenvalue weighted by molar-refractivity contribution is -0.271. The number of nitrogens with zero attached hydrogens (tertiary/aromatic N) is 1. The molecule has 1 saturated heterocycles. The first-order valence-corrected chi connectivity index (χ1v) is 10.0. The van der Waals surface area contributed by atoms with Gasteiger partial charge in [0.15, 0.2) is 6.10 Å². The summed E-state index contributed by atoms with van der Waals surface area (Å²) in [4.78, 5) is 15.0. The molecule has 30 heavy (non-hydrogen) atoms. The number of nitrogens with two attached hydrogens (primary N) is 1. The molecule has 1 aromatic carbocycles. The Bertz CT molecular complexity index is 998. The molecular formula is C17H19N3O9S. The summed E-state index contributed by atoms with van der Waals surface area (Å²) in [5, 5.41) is 38.4. The van der Waals surface area contributed by atoms with Crippen LogP contribution in [0.25, 0.3) is 0 Å². The van der Waals surface area contributed by atoms with Gasteiger partial charge in [-0.25, -0.2) is 18.2 Å². The SMILES string of the molecule is Nc1ccc(S(=O)(=O)Nc2ccc(O[C@@H]3O[C@H](C(=O)O)[C@@H](O)[C@H](O)[C@H]3O)cn2)cc1. The van der Waals surface area contributed by atoms with Gasteiger partial charge in [-0.1, -0.05) is 0 Å². The molecule has 1 aliphatic rings. The number of rotatable bonds is 6. The fraction of sp³-hybridized carbons (Fsp3) is 0.294. The molecule has 5 atom stereocenters. The third-order valence-corrected chi connectivity index (χ3v) is 5.60. The number of sulfonamides is 1. The maximum Gasteiger partial charge on any atom is 0.335 e. The summed E-state index contributed by atoms with van der Waals surface area (Å²) >= 11 is 0. The number of carboxylic acids is 1. The predicted molar refractivity (Wildman–Crippen MR) is 101 cm³/mol. The standard InChI is InChI=1S/C17H19N3O9S/c18-8-1-4-10(5-2-8)30(26,27)20-11-6-3-9(7-19-11)28-17-14(23)12(21)13(22)15(29-17)16(24)25/h1-7,12-15,17,21-23H,18H2,(H,19,20)(H,24,25)/t12-,13-,14+,15-,17+/m0/s1. The van der Waals surface area contributed by atoms with Crippen molar-refractivity contribution in [2.75, 3.05) is 10.5 Å². The van der Waals surface area contributed by atoms with E-state index in [1.165, 1.54) is 36.4 Å². The van der Waals surface area contributed by atoms with E-state index in [-0.39, 0.29) is 16.5 Å². The summed E-state index contributed by atoms with van der Waals surface area (Å²) in [7, 11) is -3.91. The van der Waals surface area contributed by atoms with Gasteiger partial charge >= 0.3 is 5.97 Å². The number of carbonyl (C=O) groups is 1. The lowest BCUT2D eigenvalue weighted by atomic mass is 9.99. The van der Waals surface area contributed by atoms with Crippen LogP contribution in [0.1, 0.15) is 0 Å². The summed E-state index contributed by atoms with van der Waals surface area (Å²) in [5.41, 5.74) is 5.94. The first-order valence-electron chi connectivity index (χ1n) is 8.52. The number of nitrogens with one attached hydrogen (secondary N) is 1. The number of aromatic nitrogens is 1. The Kier molecular flexibility index (Phi) is 6.09. The third kappa shape index (κ3) is 4.60. The fourth-order valence-corrected chi connectivity index (χ4v) is 3.65. The Morgan fingerprint density at radius 2 is 1.73 bits per heavy atom. The van der Waals surface area contributed by atoms with E-state index in [1.54, 1.807) is 0 Å². The number of hydrogen-bond donors (Lipinski definition) is 6. The first kappa shape index (κ1) is 21.7. The zero-order valence-corrected chi connectivity index (χ0v) is 16.0. The third-order valence-electron chi connectivity index (χ3n) is 4.23. The van der Waals surface area contributed by atoms with Crippen molar-refractivity contribution in [3.05, 3.63) is 42.6 Å². The number of aliphatic hydroxyl groups excluding tert-OH is 3. The second-order valence-corrected chi connectivity index (χ2v) is 8.09. The average Bonchev–Trinajstić information content (AvgIpc) is 2.69. The second-order valence-electron chi connectivity index (χ2n) is 6.41. The van der Waals surface area contributed by atoms with Gasteiger partial charge in [0.05, 0.1) is 11.1 Å². The summed E-state index contributed by atoms with van der Waals surface area (Å²) in [6.45, 7) is 0. The number of nitrogen functional groups attached to an aromatic ring is 1. The van der Waals surface area contributed by atoms with Gasteiger partial charge in [0.25, 0.3) is 10.0 Å². The zero-order valence-electron chi connectivity index (χ0n) is 15.2. The molecule has 0 aliphatic carbocycles. The van der Waals surface area contributed by atoms with E-state index < -0.39 is 46.7 Å². The van der Waals surface area contributed by atoms with E-state index in [2.05, 4.69) is 9.71 Å². The van der Waals surface area contributed by atoms with Crippen LogP contribution in [0.4, 0.5) is 11.5 Å². The van der Waals surface area contributed by atoms with Crippen LogP contribution in [0.5, 0.6) is 5.75 Å². The zero-order chi connectivity index (χ0) is 22.1. The van der Waals surface area contributed by atoms with Crippen molar-refractivity contribution in [2.24, 2.45) is 0 Å². The maximum absolute atomic E-state index is 12.3. The monoisotopic (exact) mass is 441 g/mol. The topological polar surface area (TPSA) is 202 Å². The predicted octanol–water partition coefficient (Wildman–Crippen LogP) is -1.26. The van der Waals surface area contributed by atoms with E-state index >= 15 is 0 Å². The molecule has 0 saturated carbocycles. The molecule has 12 nitrogen and oxygen atoms in total. The molecule has 0 unspecified atom stereocenters. The normalized spacial score (nSPS) is 26.7. The van der Waals surface area contributed by atoms with Crippen molar-refractivity contribution in [3.8, 4) is 5.75 Å². The Hall–Kier alpha value is -2.97. The highest BCUT2D eigenvalue weighted by Crippen LogP contribution is 2.25. The Balaban J connectivity index is 1.70. The van der Waals surface area contributed by atoms with Crippen LogP contribution in [0.2, 0.25) is 0 Å². The lowest BCUT2D eigenvalue weighted by Gasteiger charge is -2.38. The van der Waals surface area contributed by atoms with Gasteiger partial charge in [-0.3, -0.25) is 4.72 Å². The summed E-state index contributed by atoms with van der Waals surface area (Å²) in [6, 6.07) is 8.08. The molecule has 2 aromatic rings. The summed E-state index contributed by atoms with van der Waals surface area (Å²) in [6.07, 6.45) is -7.72. The number of aliphatic carboxylic acids is 1. The number of aliphatic hydroxyl groups is 3. The smallest absolute Gasteiger partial charge is 0.335 e. The maximum atomic E-state index is 12.3. The molecule has 7 N–H and O–H groups in total. The van der Waals surface area contributed by atoms with E-state index in [4.69, 9.17) is 20.3 Å². The minimum absolute atomic E-state index is 0.0118. The molecule has 2 heterocycles. The van der Waals surface area contributed by atoms with Gasteiger partial charge in [-0.15, -0.1) is 0 Å². The van der Waals surface area contributed by atoms with Crippen LogP contribution >= 0.6 is 0 Å². The van der Waals surface area contributed by atoms with E-state index in [1.807, 2.05) is 0 Å². The summed E-state index contributed by atoms with van der Waals surface area (Å²) in [5.74, 6) is -1.60. The summed E-state index contributed by atoms with van der Waals surface area (Å²) < 4.78 is 37.2. The highest BCUT2D eigenvalue weighted by molar-refractivity contribution is 7.92. The number of hydrogen-bond acceptors (Lipinski definition) is 10. The van der Waals surface area contributed by atoms with Gasteiger partial charge < -0.3 is 35.6 Å². The largest absolute Gasteiger partial charge is 0.479 e. The number of pyridine rings is 1. The average molecular weight is 441 g/mol. The van der Waals surface area contributed by atoms with Crippen molar-refractivity contribution in [1.82, 2.24) is 4.98 Å². The molecule has 0 bridgehead atoms. The van der Waals surface area contributed by atoms with Crippen LogP contribution < -0.4 is 15.2 Å². The van der Waals surface area contributed by atoms with Crippen molar-refractivity contribution in [1.29, 1.82) is 0 Å². The molecule has 3 rings (SSSR count). The van der Waals surface area contributed by atoms with Crippen LogP contribution in [0.15, 0.2) is 47.5 Å². The highest BCUT2D eigenvalue weighted by atomic mass is 32.2. The van der Waals surface area contributed by atoms with Crippen LogP contribution in [0, 0.1) is 0 Å². The van der Waals surface area contributed by atoms with Gasteiger partial charge in [-0.2, -0.15) is 0 Å². The molecule has 1 aliphatic heterocycles. The molecule has 162 valence electrons. The van der Waals surface area contributed by atoms with Gasteiger partial charge in [0, 0.05) is 5.69 Å². The first-order chi connectivity index (χ1) is 14.1. The number of anilines is 2. The van der Waals surface area contributed by atoms with Gasteiger partial charge in [-0.05, 0) is 36.4 Å². The molecule has 0 radical (unpaired) electrons. The van der Waals surface area contributed by atoms with Gasteiger partial charge in [0.1, 0.15) is 29.9 Å². The van der Waals surface area contributed by atoms with Crippen LogP contribution in [0.3, 0.4) is 0 Å². The Labute approximate surface area is 170 Å². The quantitative estimate of drug-likeness (QED) is 0.292. The molecule has 0 spiro atoms. The molecular weight excluding hydrogens is 422 g/mol. The van der Waals surface area contributed by atoms with Crippen LogP contribution in [-0.4, -0.2) is 70.5 Å². The highest BCUT2D eigenvalue weighted by Gasteiger charge is 2.48. The number of benzene rings is 1. The minimum atomic E-state index is -3.91.